The minimum absolute atomic E-state index is 0. The van der Waals surface area contributed by atoms with Crippen LogP contribution in [-0.2, 0) is 14.9 Å². The maximum atomic E-state index is 11.2. The Hall–Kier alpha value is -0.760. The number of hydrogen-bond donors (Lipinski definition) is 1. The van der Waals surface area contributed by atoms with Gasteiger partial charge in [0.2, 0.25) is 0 Å². The molecular weight excluding hydrogens is 222 g/mol. The van der Waals surface area contributed by atoms with Crippen molar-refractivity contribution in [2.24, 2.45) is 0 Å². The molecule has 0 radical (unpaired) electrons. The fourth-order valence-electron chi connectivity index (χ4n) is 1.000. The summed E-state index contributed by atoms with van der Waals surface area (Å²) in [6.07, 6.45) is 1.44. The van der Waals surface area contributed by atoms with Crippen molar-refractivity contribution in [3.63, 3.8) is 0 Å². The van der Waals surface area contributed by atoms with Crippen LogP contribution in [0.3, 0.4) is 0 Å². The molecule has 0 atom stereocenters. The van der Waals surface area contributed by atoms with Crippen LogP contribution in [0, 0.1) is 0 Å². The zero-order valence-electron chi connectivity index (χ0n) is 8.88. The van der Waals surface area contributed by atoms with Gasteiger partial charge in [-0.2, -0.15) is 8.42 Å². The number of carbonyl (C=O) groups excluding carboxylic acids is 1. The molecule has 0 spiro atoms. The minimum Gasteiger partial charge on any atom is -0.870 e. The molecule has 2 N–H and O–H groups in total. The molecule has 0 saturated heterocycles. The predicted molar refractivity (Wildman–Crippen MR) is 55.1 cm³/mol. The third kappa shape index (κ3) is 7.20. The van der Waals surface area contributed by atoms with Crippen LogP contribution in [0.15, 0.2) is 12.7 Å². The molecule has 0 heterocycles. The van der Waals surface area contributed by atoms with Crippen molar-refractivity contribution in [3.8, 4) is 0 Å². The molecule has 0 saturated carbocycles. The number of carbonyl (C=O) groups is 1. The fourth-order valence-corrected chi connectivity index (χ4v) is 1.49. The van der Waals surface area contributed by atoms with Crippen molar-refractivity contribution < 1.29 is 27.7 Å². The second-order valence-corrected chi connectivity index (χ2v) is 5.16. The van der Waals surface area contributed by atoms with Crippen LogP contribution in [0.2, 0.25) is 0 Å². The van der Waals surface area contributed by atoms with Crippen LogP contribution < -0.4 is 0 Å². The Balaban J connectivity index is 0. The van der Waals surface area contributed by atoms with Crippen LogP contribution in [0.4, 0.5) is 0 Å². The third-order valence-corrected chi connectivity index (χ3v) is 2.70. The summed E-state index contributed by atoms with van der Waals surface area (Å²) in [6, 6.07) is 0. The molecule has 0 rings (SSSR count). The van der Waals surface area contributed by atoms with Gasteiger partial charge in [0.05, 0.1) is 26.4 Å². The van der Waals surface area contributed by atoms with E-state index in [2.05, 4.69) is 6.58 Å². The lowest BCUT2D eigenvalue weighted by Gasteiger charge is -2.24. The van der Waals surface area contributed by atoms with E-state index in [1.54, 1.807) is 14.1 Å². The van der Waals surface area contributed by atoms with Crippen molar-refractivity contribution in [1.29, 1.82) is 0 Å². The first kappa shape index (κ1) is 16.7. The van der Waals surface area contributed by atoms with Crippen LogP contribution in [-0.4, -0.2) is 55.2 Å². The average molecular weight is 239 g/mol. The summed E-state index contributed by atoms with van der Waals surface area (Å²) in [4.78, 5) is 11.2. The summed E-state index contributed by atoms with van der Waals surface area (Å²) in [7, 11) is -0.605. The Morgan fingerprint density at radius 3 is 2.27 bits per heavy atom. The third-order valence-electron chi connectivity index (χ3n) is 1.89. The van der Waals surface area contributed by atoms with Gasteiger partial charge >= 0.3 is 5.91 Å². The second kappa shape index (κ2) is 5.96. The quantitative estimate of drug-likeness (QED) is 0.409. The van der Waals surface area contributed by atoms with E-state index in [-0.39, 0.29) is 28.0 Å². The van der Waals surface area contributed by atoms with Crippen LogP contribution in [0.5, 0.6) is 0 Å². The summed E-state index contributed by atoms with van der Waals surface area (Å²) >= 11 is 0. The molecule has 0 aliphatic rings. The summed E-state index contributed by atoms with van der Waals surface area (Å²) in [5, 5.41) is 0. The molecular formula is C8H17NO5S. The van der Waals surface area contributed by atoms with Gasteiger partial charge in [-0.15, -0.1) is 0 Å². The highest BCUT2D eigenvalue weighted by Gasteiger charge is 2.23. The van der Waals surface area contributed by atoms with E-state index in [1.165, 1.54) is 6.08 Å². The Morgan fingerprint density at radius 2 is 1.93 bits per heavy atom. The highest BCUT2D eigenvalue weighted by atomic mass is 32.2. The molecule has 0 aliphatic heterocycles. The van der Waals surface area contributed by atoms with E-state index in [1.807, 2.05) is 0 Å². The molecule has 0 fully saturated rings. The van der Waals surface area contributed by atoms with Gasteiger partial charge in [0.1, 0.15) is 0 Å². The Labute approximate surface area is 89.8 Å². The van der Waals surface area contributed by atoms with E-state index in [0.29, 0.717) is 6.54 Å². The maximum absolute atomic E-state index is 11.2. The van der Waals surface area contributed by atoms with Gasteiger partial charge in [-0.05, 0) is 0 Å². The zero-order valence-corrected chi connectivity index (χ0v) is 9.70. The van der Waals surface area contributed by atoms with Crippen molar-refractivity contribution in [1.82, 2.24) is 0 Å². The molecule has 0 unspecified atom stereocenters. The Bertz CT molecular complexity index is 320. The normalized spacial score (nSPS) is 11.7. The van der Waals surface area contributed by atoms with Gasteiger partial charge in [-0.1, -0.05) is 6.58 Å². The van der Waals surface area contributed by atoms with Crippen LogP contribution >= 0.6 is 0 Å². The summed E-state index contributed by atoms with van der Waals surface area (Å²) < 4.78 is 29.3. The monoisotopic (exact) mass is 239 g/mol. The molecule has 6 nitrogen and oxygen atoms in total. The molecule has 7 heteroatoms. The molecule has 90 valence electrons. The molecule has 0 aromatic heterocycles. The van der Waals surface area contributed by atoms with Crippen molar-refractivity contribution in [2.45, 2.75) is 6.42 Å². The predicted octanol–water partition coefficient (Wildman–Crippen LogP) is -0.123. The molecule has 0 aromatic rings. The number of likely N-dealkylation sites (N-methyl/N-ethyl adjacent to an activating group) is 1. The fraction of sp³-hybridized carbons (Fsp3) is 0.625. The van der Waals surface area contributed by atoms with Crippen LogP contribution in [0.1, 0.15) is 6.42 Å². The number of quaternary nitrogens is 1. The number of rotatable bonds is 5. The Morgan fingerprint density at radius 1 is 1.47 bits per heavy atom. The standard InChI is InChI=1S/C8H15NO4S.H2O/c1-4-8(10)9(2,3)6-5-7-14(11,12)13;/h4H,1,5-7H2,2-3H3;1H2. The first-order valence-electron chi connectivity index (χ1n) is 4.14. The number of amides is 1. The lowest BCUT2D eigenvalue weighted by atomic mass is 10.3. The largest absolute Gasteiger partial charge is 0.870 e. The summed E-state index contributed by atoms with van der Waals surface area (Å²) in [6.45, 7) is 3.70. The molecule has 15 heavy (non-hydrogen) atoms. The van der Waals surface area contributed by atoms with Crippen LogP contribution in [0.25, 0.3) is 0 Å². The zero-order chi connectivity index (χ0) is 11.4. The van der Waals surface area contributed by atoms with E-state index in [9.17, 15) is 13.2 Å². The summed E-state index contributed by atoms with van der Waals surface area (Å²) in [5.74, 6) is -0.501. The topological polar surface area (TPSA) is 101 Å². The van der Waals surface area contributed by atoms with Gasteiger partial charge < -0.3 is 5.48 Å². The van der Waals surface area contributed by atoms with Gasteiger partial charge in [-0.3, -0.25) is 9.04 Å². The van der Waals surface area contributed by atoms with E-state index < -0.39 is 10.1 Å². The highest BCUT2D eigenvalue weighted by Crippen LogP contribution is 2.02. The van der Waals surface area contributed by atoms with Crippen molar-refractivity contribution in [2.75, 3.05) is 26.4 Å². The molecule has 0 aliphatic carbocycles. The van der Waals surface area contributed by atoms with Crippen molar-refractivity contribution >= 4 is 16.0 Å². The van der Waals surface area contributed by atoms with Crippen molar-refractivity contribution in [3.05, 3.63) is 12.7 Å². The lowest BCUT2D eigenvalue weighted by molar-refractivity contribution is -0.811. The first-order valence-corrected chi connectivity index (χ1v) is 5.75. The number of nitrogens with zero attached hydrogens (tertiary/aromatic N) is 1. The minimum atomic E-state index is -3.93. The Kier molecular flexibility index (Phi) is 6.62. The maximum Gasteiger partial charge on any atom is 0.337 e. The van der Waals surface area contributed by atoms with E-state index in [4.69, 9.17) is 4.55 Å². The molecule has 0 bridgehead atoms. The second-order valence-electron chi connectivity index (χ2n) is 3.59. The number of hydrogen-bond acceptors (Lipinski definition) is 4. The lowest BCUT2D eigenvalue weighted by Crippen LogP contribution is -2.45. The van der Waals surface area contributed by atoms with E-state index >= 15 is 0 Å². The SMILES string of the molecule is C=CC(=O)[N+](C)(C)CCCS(=O)(=O)O.[OH-]. The highest BCUT2D eigenvalue weighted by molar-refractivity contribution is 7.85. The smallest absolute Gasteiger partial charge is 0.337 e. The van der Waals surface area contributed by atoms with E-state index in [0.717, 1.165) is 0 Å². The van der Waals surface area contributed by atoms with Gasteiger partial charge in [-0.25, -0.2) is 4.79 Å². The average Bonchev–Trinajstić information content (AvgIpc) is 2.00. The first-order chi connectivity index (χ1) is 6.19. The van der Waals surface area contributed by atoms with Gasteiger partial charge in [0, 0.05) is 12.5 Å². The summed E-state index contributed by atoms with van der Waals surface area (Å²) in [5.41, 5.74) is 0. The van der Waals surface area contributed by atoms with Gasteiger partial charge in [0.25, 0.3) is 10.1 Å². The molecule has 1 amide bonds. The molecule has 0 aromatic carbocycles. The van der Waals surface area contributed by atoms with Gasteiger partial charge in [0.15, 0.2) is 0 Å².